The summed E-state index contributed by atoms with van der Waals surface area (Å²) in [6.07, 6.45) is 0. The molecule has 16 heavy (non-hydrogen) atoms. The highest BCUT2D eigenvalue weighted by Gasteiger charge is 2.21. The van der Waals surface area contributed by atoms with Gasteiger partial charge in [-0.3, -0.25) is 9.59 Å². The molecule has 2 rings (SSSR count). The van der Waals surface area contributed by atoms with E-state index in [1.165, 1.54) is 0 Å². The highest BCUT2D eigenvalue weighted by atomic mass is 32.1. The third kappa shape index (κ3) is 1.53. The Balaban J connectivity index is 2.88. The molecule has 2 heterocycles. The molecule has 0 saturated carbocycles. The van der Waals surface area contributed by atoms with Crippen molar-refractivity contribution in [3.05, 3.63) is 20.9 Å². The van der Waals surface area contributed by atoms with Gasteiger partial charge in [-0.05, 0) is 27.7 Å². The average Bonchev–Trinajstić information content (AvgIpc) is 2.55. The number of hydrogen-bond acceptors (Lipinski definition) is 4. The summed E-state index contributed by atoms with van der Waals surface area (Å²) in [7, 11) is 0. The van der Waals surface area contributed by atoms with E-state index < -0.39 is 0 Å². The maximum Gasteiger partial charge on any atom is 0.162 e. The number of fused-ring (bicyclic) bond motifs is 1. The molecule has 0 radical (unpaired) electrons. The summed E-state index contributed by atoms with van der Waals surface area (Å²) in [6, 6.07) is 0. The molecule has 2 aromatic heterocycles. The van der Waals surface area contributed by atoms with Crippen LogP contribution in [-0.4, -0.2) is 11.6 Å². The molecule has 0 amide bonds. The highest BCUT2D eigenvalue weighted by molar-refractivity contribution is 7.29. The number of aryl methyl sites for hydroxylation is 2. The van der Waals surface area contributed by atoms with Crippen molar-refractivity contribution in [1.82, 2.24) is 0 Å². The van der Waals surface area contributed by atoms with Crippen molar-refractivity contribution in [3.8, 4) is 0 Å². The van der Waals surface area contributed by atoms with Crippen molar-refractivity contribution in [3.63, 3.8) is 0 Å². The van der Waals surface area contributed by atoms with Crippen LogP contribution in [-0.2, 0) is 0 Å². The zero-order valence-corrected chi connectivity index (χ0v) is 11.3. The van der Waals surface area contributed by atoms with Crippen LogP contribution in [0.3, 0.4) is 0 Å². The van der Waals surface area contributed by atoms with Crippen LogP contribution in [0.5, 0.6) is 0 Å². The van der Waals surface area contributed by atoms with E-state index in [1.54, 1.807) is 36.5 Å². The molecular formula is C12H12O2S2. The Hall–Kier alpha value is -1.00. The van der Waals surface area contributed by atoms with Gasteiger partial charge < -0.3 is 0 Å². The monoisotopic (exact) mass is 252 g/mol. The Morgan fingerprint density at radius 1 is 0.812 bits per heavy atom. The van der Waals surface area contributed by atoms with Crippen LogP contribution in [0.1, 0.15) is 44.3 Å². The van der Waals surface area contributed by atoms with Crippen molar-refractivity contribution in [2.45, 2.75) is 27.7 Å². The summed E-state index contributed by atoms with van der Waals surface area (Å²) in [6.45, 7) is 7.04. The lowest BCUT2D eigenvalue weighted by Crippen LogP contribution is -1.90. The van der Waals surface area contributed by atoms with Crippen LogP contribution in [0.2, 0.25) is 0 Å². The molecule has 0 spiro atoms. The molecule has 0 unspecified atom stereocenters. The lowest BCUT2D eigenvalue weighted by molar-refractivity contribution is 0.101. The van der Waals surface area contributed by atoms with E-state index in [2.05, 4.69) is 0 Å². The smallest absolute Gasteiger partial charge is 0.162 e. The zero-order valence-electron chi connectivity index (χ0n) is 9.63. The summed E-state index contributed by atoms with van der Waals surface area (Å²) < 4.78 is 1.97. The minimum Gasteiger partial charge on any atom is -0.294 e. The van der Waals surface area contributed by atoms with E-state index in [-0.39, 0.29) is 11.6 Å². The van der Waals surface area contributed by atoms with Crippen LogP contribution in [0.4, 0.5) is 0 Å². The van der Waals surface area contributed by atoms with Gasteiger partial charge in [-0.1, -0.05) is 0 Å². The summed E-state index contributed by atoms with van der Waals surface area (Å²) in [5.41, 5.74) is 1.58. The lowest BCUT2D eigenvalue weighted by atomic mass is 10.1. The first-order valence-electron chi connectivity index (χ1n) is 4.97. The Morgan fingerprint density at radius 2 is 1.12 bits per heavy atom. The molecule has 0 aliphatic heterocycles. The second-order valence-corrected chi connectivity index (χ2v) is 6.29. The molecule has 0 aliphatic carbocycles. The van der Waals surface area contributed by atoms with Gasteiger partial charge in [0.1, 0.15) is 0 Å². The first-order valence-corrected chi connectivity index (χ1v) is 6.61. The van der Waals surface area contributed by atoms with Crippen LogP contribution in [0, 0.1) is 13.8 Å². The van der Waals surface area contributed by atoms with Crippen molar-refractivity contribution < 1.29 is 9.59 Å². The fourth-order valence-electron chi connectivity index (χ4n) is 1.97. The highest BCUT2D eigenvalue weighted by Crippen LogP contribution is 2.40. The van der Waals surface area contributed by atoms with E-state index in [1.807, 2.05) is 13.8 Å². The molecule has 2 aromatic rings. The Kier molecular flexibility index (Phi) is 2.72. The topological polar surface area (TPSA) is 34.1 Å². The van der Waals surface area contributed by atoms with Gasteiger partial charge in [0, 0.05) is 20.9 Å². The molecular weight excluding hydrogens is 240 g/mol. The van der Waals surface area contributed by atoms with E-state index >= 15 is 0 Å². The van der Waals surface area contributed by atoms with E-state index in [9.17, 15) is 9.59 Å². The van der Waals surface area contributed by atoms with Crippen LogP contribution < -0.4 is 0 Å². The second kappa shape index (κ2) is 3.79. The molecule has 84 valence electrons. The van der Waals surface area contributed by atoms with Gasteiger partial charge >= 0.3 is 0 Å². The van der Waals surface area contributed by atoms with Crippen molar-refractivity contribution in [2.24, 2.45) is 0 Å². The number of thiophene rings is 2. The van der Waals surface area contributed by atoms with E-state index in [4.69, 9.17) is 0 Å². The standard InChI is InChI=1S/C12H12O2S2/c1-5(13)9-7(3)15-12-10(6(2)14)8(4)16-11(9)12/h1-4H3. The summed E-state index contributed by atoms with van der Waals surface area (Å²) in [4.78, 5) is 25.1. The molecule has 0 fully saturated rings. The number of Topliss-reactive ketones (excluding diaryl/α,β-unsaturated/α-hetero) is 2. The molecule has 0 N–H and O–H groups in total. The first-order chi connectivity index (χ1) is 7.43. The maximum atomic E-state index is 11.6. The SMILES string of the molecule is CC(=O)c1c(C)sc2c(C(C)=O)c(C)sc12. The fourth-order valence-corrected chi connectivity index (χ4v) is 4.84. The lowest BCUT2D eigenvalue weighted by Gasteiger charge is -1.92. The Morgan fingerprint density at radius 3 is 1.38 bits per heavy atom. The fraction of sp³-hybridized carbons (Fsp3) is 0.333. The van der Waals surface area contributed by atoms with Gasteiger partial charge in [-0.2, -0.15) is 0 Å². The third-order valence-electron chi connectivity index (χ3n) is 2.58. The van der Waals surface area contributed by atoms with Gasteiger partial charge in [0.2, 0.25) is 0 Å². The maximum absolute atomic E-state index is 11.6. The van der Waals surface area contributed by atoms with Crippen molar-refractivity contribution in [2.75, 3.05) is 0 Å². The Bertz CT molecular complexity index is 548. The quantitative estimate of drug-likeness (QED) is 0.757. The predicted molar refractivity (Wildman–Crippen MR) is 69.2 cm³/mol. The molecule has 0 bridgehead atoms. The summed E-state index contributed by atoms with van der Waals surface area (Å²) >= 11 is 3.10. The molecule has 0 aromatic carbocycles. The first kappa shape index (κ1) is 11.5. The minimum absolute atomic E-state index is 0.0834. The normalized spacial score (nSPS) is 11.0. The molecule has 0 saturated heterocycles. The minimum atomic E-state index is 0.0834. The number of carbonyl (C=O) groups is 2. The van der Waals surface area contributed by atoms with E-state index in [0.29, 0.717) is 0 Å². The van der Waals surface area contributed by atoms with Crippen LogP contribution >= 0.6 is 22.7 Å². The van der Waals surface area contributed by atoms with Gasteiger partial charge in [0.05, 0.1) is 9.40 Å². The molecule has 4 heteroatoms. The molecule has 2 nitrogen and oxygen atoms in total. The number of rotatable bonds is 2. The van der Waals surface area contributed by atoms with E-state index in [0.717, 1.165) is 30.3 Å². The van der Waals surface area contributed by atoms with Crippen LogP contribution in [0.25, 0.3) is 9.40 Å². The van der Waals surface area contributed by atoms with Gasteiger partial charge in [0.25, 0.3) is 0 Å². The van der Waals surface area contributed by atoms with Gasteiger partial charge in [-0.25, -0.2) is 0 Å². The largest absolute Gasteiger partial charge is 0.294 e. The average molecular weight is 252 g/mol. The van der Waals surface area contributed by atoms with Crippen LogP contribution in [0.15, 0.2) is 0 Å². The number of carbonyl (C=O) groups excluding carboxylic acids is 2. The summed E-state index contributed by atoms with van der Waals surface area (Å²) in [5.74, 6) is 0.167. The third-order valence-corrected chi connectivity index (χ3v) is 4.95. The molecule has 0 aliphatic rings. The van der Waals surface area contributed by atoms with Gasteiger partial charge in [-0.15, -0.1) is 22.7 Å². The van der Waals surface area contributed by atoms with Crippen molar-refractivity contribution >= 4 is 43.6 Å². The Labute approximate surface area is 102 Å². The van der Waals surface area contributed by atoms with Crippen molar-refractivity contribution in [1.29, 1.82) is 0 Å². The zero-order chi connectivity index (χ0) is 12.0. The predicted octanol–water partition coefficient (Wildman–Crippen LogP) is 3.98. The van der Waals surface area contributed by atoms with Gasteiger partial charge in [0.15, 0.2) is 11.6 Å². The second-order valence-electron chi connectivity index (χ2n) is 3.84. The number of hydrogen-bond donors (Lipinski definition) is 0. The summed E-state index contributed by atoms with van der Waals surface area (Å²) in [5, 5.41) is 0. The number of ketones is 2. The molecule has 0 atom stereocenters.